The minimum Gasteiger partial charge on any atom is -0.464 e. The maximum absolute atomic E-state index is 11.7. The van der Waals surface area contributed by atoms with Crippen LogP contribution in [0.5, 0.6) is 0 Å². The number of furan rings is 1. The van der Waals surface area contributed by atoms with Crippen LogP contribution in [0, 0.1) is 6.92 Å². The topological polar surface area (TPSA) is 72.1 Å². The molecule has 0 aromatic carbocycles. The minimum absolute atomic E-state index is 0.151. The molecule has 0 aliphatic rings. The zero-order chi connectivity index (χ0) is 13.7. The number of carbonyl (C=O) groups excluding carboxylic acids is 1. The number of hydrogen-bond donors (Lipinski definition) is 2. The van der Waals surface area contributed by atoms with Gasteiger partial charge in [0, 0.05) is 25.5 Å². The summed E-state index contributed by atoms with van der Waals surface area (Å²) in [5, 5.41) is 5.61. The van der Waals surface area contributed by atoms with Gasteiger partial charge >= 0.3 is 6.03 Å². The van der Waals surface area contributed by atoms with Crippen molar-refractivity contribution in [2.45, 2.75) is 26.4 Å². The van der Waals surface area contributed by atoms with Crippen molar-refractivity contribution < 1.29 is 9.21 Å². The van der Waals surface area contributed by atoms with Crippen LogP contribution in [0.1, 0.15) is 24.5 Å². The first-order valence-corrected chi connectivity index (χ1v) is 6.21. The highest BCUT2D eigenvalue weighted by atomic mass is 16.3. The number of carbonyl (C=O) groups is 1. The molecule has 6 nitrogen and oxygen atoms in total. The number of imidazole rings is 1. The second-order valence-corrected chi connectivity index (χ2v) is 4.37. The summed E-state index contributed by atoms with van der Waals surface area (Å²) < 4.78 is 7.36. The Bertz CT molecular complexity index is 518. The van der Waals surface area contributed by atoms with Crippen LogP contribution in [-0.2, 0) is 6.54 Å². The van der Waals surface area contributed by atoms with Crippen LogP contribution >= 0.6 is 0 Å². The number of amides is 2. The Labute approximate surface area is 111 Å². The average Bonchev–Trinajstić information content (AvgIpc) is 3.00. The van der Waals surface area contributed by atoms with E-state index in [9.17, 15) is 4.79 Å². The molecular formula is C13H18N4O2. The number of rotatable bonds is 5. The van der Waals surface area contributed by atoms with Crippen molar-refractivity contribution >= 4 is 6.03 Å². The lowest BCUT2D eigenvalue weighted by Gasteiger charge is -2.12. The Morgan fingerprint density at radius 1 is 1.53 bits per heavy atom. The normalized spacial score (nSPS) is 12.1. The molecule has 6 heteroatoms. The maximum atomic E-state index is 11.7. The van der Waals surface area contributed by atoms with Crippen LogP contribution < -0.4 is 10.6 Å². The number of urea groups is 1. The Morgan fingerprint density at radius 3 is 3.00 bits per heavy atom. The number of nitrogens with one attached hydrogen (secondary N) is 2. The lowest BCUT2D eigenvalue weighted by atomic mass is 10.2. The van der Waals surface area contributed by atoms with Gasteiger partial charge in [0.25, 0.3) is 0 Å². The van der Waals surface area contributed by atoms with Crippen molar-refractivity contribution in [3.63, 3.8) is 0 Å². The van der Waals surface area contributed by atoms with Crippen LogP contribution in [0.3, 0.4) is 0 Å². The van der Waals surface area contributed by atoms with E-state index in [1.165, 1.54) is 0 Å². The van der Waals surface area contributed by atoms with Crippen molar-refractivity contribution in [3.05, 3.63) is 42.4 Å². The van der Waals surface area contributed by atoms with Crippen molar-refractivity contribution in [1.82, 2.24) is 20.2 Å². The third-order valence-corrected chi connectivity index (χ3v) is 2.75. The molecule has 1 atom stereocenters. The summed E-state index contributed by atoms with van der Waals surface area (Å²) in [5.74, 6) is 1.59. The fourth-order valence-electron chi connectivity index (χ4n) is 1.72. The van der Waals surface area contributed by atoms with E-state index in [1.807, 2.05) is 36.7 Å². The molecule has 102 valence electrons. The van der Waals surface area contributed by atoms with Crippen molar-refractivity contribution in [3.8, 4) is 0 Å². The summed E-state index contributed by atoms with van der Waals surface area (Å²) in [6, 6.07) is 3.39. The smallest absolute Gasteiger partial charge is 0.315 e. The summed E-state index contributed by atoms with van der Waals surface area (Å²) in [4.78, 5) is 15.6. The van der Waals surface area contributed by atoms with Gasteiger partial charge in [-0.25, -0.2) is 9.78 Å². The largest absolute Gasteiger partial charge is 0.464 e. The lowest BCUT2D eigenvalue weighted by Crippen LogP contribution is -2.38. The van der Waals surface area contributed by atoms with Gasteiger partial charge in [-0.2, -0.15) is 0 Å². The second kappa shape index (κ2) is 6.08. The molecule has 2 rings (SSSR count). The fraction of sp³-hybridized carbons (Fsp3) is 0.385. The SMILES string of the molecule is Cc1ccc([C@H](C)NC(=O)NCCn2ccnc2)o1. The number of hydrogen-bond acceptors (Lipinski definition) is 3. The molecule has 2 N–H and O–H groups in total. The predicted molar refractivity (Wildman–Crippen MR) is 70.6 cm³/mol. The Balaban J connectivity index is 1.72. The summed E-state index contributed by atoms with van der Waals surface area (Å²) in [6.07, 6.45) is 5.28. The van der Waals surface area contributed by atoms with E-state index in [-0.39, 0.29) is 12.1 Å². The van der Waals surface area contributed by atoms with Gasteiger partial charge in [-0.05, 0) is 26.0 Å². The molecule has 0 fully saturated rings. The van der Waals surface area contributed by atoms with Gasteiger partial charge in [-0.3, -0.25) is 0 Å². The van der Waals surface area contributed by atoms with Gasteiger partial charge in [0.2, 0.25) is 0 Å². The molecule has 19 heavy (non-hydrogen) atoms. The lowest BCUT2D eigenvalue weighted by molar-refractivity contribution is 0.235. The number of aryl methyl sites for hydroxylation is 1. The number of nitrogens with zero attached hydrogens (tertiary/aromatic N) is 2. The van der Waals surface area contributed by atoms with Crippen molar-refractivity contribution in [2.24, 2.45) is 0 Å². The highest BCUT2D eigenvalue weighted by Gasteiger charge is 2.11. The van der Waals surface area contributed by atoms with E-state index in [2.05, 4.69) is 15.6 Å². The van der Waals surface area contributed by atoms with Gasteiger partial charge in [0.05, 0.1) is 12.4 Å². The Kier molecular flexibility index (Phi) is 4.22. The molecule has 0 saturated carbocycles. The monoisotopic (exact) mass is 262 g/mol. The standard InChI is InChI=1S/C13H18N4O2/c1-10-3-4-12(19-10)11(2)16-13(18)15-6-8-17-7-5-14-9-17/h3-5,7,9,11H,6,8H2,1-2H3,(H2,15,16,18)/t11-/m0/s1. The van der Waals surface area contributed by atoms with Gasteiger partial charge in [0.1, 0.15) is 11.5 Å². The van der Waals surface area contributed by atoms with E-state index in [0.717, 1.165) is 11.5 Å². The average molecular weight is 262 g/mol. The van der Waals surface area contributed by atoms with E-state index in [4.69, 9.17) is 4.42 Å². The first-order chi connectivity index (χ1) is 9.15. The summed E-state index contributed by atoms with van der Waals surface area (Å²) in [5.41, 5.74) is 0. The molecule has 0 spiro atoms. The summed E-state index contributed by atoms with van der Waals surface area (Å²) >= 11 is 0. The molecule has 0 bridgehead atoms. The molecule has 0 saturated heterocycles. The molecule has 2 aromatic rings. The number of aromatic nitrogens is 2. The van der Waals surface area contributed by atoms with E-state index in [1.54, 1.807) is 12.5 Å². The molecule has 2 amide bonds. The minimum atomic E-state index is -0.207. The third-order valence-electron chi connectivity index (χ3n) is 2.75. The van der Waals surface area contributed by atoms with E-state index in [0.29, 0.717) is 13.1 Å². The highest BCUT2D eigenvalue weighted by Crippen LogP contribution is 2.14. The van der Waals surface area contributed by atoms with E-state index >= 15 is 0 Å². The van der Waals surface area contributed by atoms with Gasteiger partial charge in [0.15, 0.2) is 0 Å². The molecule has 2 heterocycles. The molecular weight excluding hydrogens is 244 g/mol. The van der Waals surface area contributed by atoms with E-state index < -0.39 is 0 Å². The van der Waals surface area contributed by atoms with Gasteiger partial charge in [-0.1, -0.05) is 0 Å². The quantitative estimate of drug-likeness (QED) is 0.863. The van der Waals surface area contributed by atoms with Crippen LogP contribution in [0.15, 0.2) is 35.3 Å². The first-order valence-electron chi connectivity index (χ1n) is 6.21. The van der Waals surface area contributed by atoms with Gasteiger partial charge in [-0.15, -0.1) is 0 Å². The fourth-order valence-corrected chi connectivity index (χ4v) is 1.72. The molecule has 0 unspecified atom stereocenters. The van der Waals surface area contributed by atoms with Gasteiger partial charge < -0.3 is 19.6 Å². The molecule has 0 radical (unpaired) electrons. The van der Waals surface area contributed by atoms with Crippen LogP contribution in [0.25, 0.3) is 0 Å². The highest BCUT2D eigenvalue weighted by molar-refractivity contribution is 5.74. The zero-order valence-corrected chi connectivity index (χ0v) is 11.1. The Morgan fingerprint density at radius 2 is 2.37 bits per heavy atom. The second-order valence-electron chi connectivity index (χ2n) is 4.37. The summed E-state index contributed by atoms with van der Waals surface area (Å²) in [6.45, 7) is 5.00. The summed E-state index contributed by atoms with van der Waals surface area (Å²) in [7, 11) is 0. The molecule has 0 aliphatic carbocycles. The molecule has 0 aliphatic heterocycles. The van der Waals surface area contributed by atoms with Crippen LogP contribution in [0.2, 0.25) is 0 Å². The van der Waals surface area contributed by atoms with Crippen LogP contribution in [-0.4, -0.2) is 22.1 Å². The zero-order valence-electron chi connectivity index (χ0n) is 11.1. The van der Waals surface area contributed by atoms with Crippen LogP contribution in [0.4, 0.5) is 4.79 Å². The van der Waals surface area contributed by atoms with Crippen molar-refractivity contribution in [2.75, 3.05) is 6.54 Å². The van der Waals surface area contributed by atoms with Crippen molar-refractivity contribution in [1.29, 1.82) is 0 Å². The Hall–Kier alpha value is -2.24. The molecule has 2 aromatic heterocycles. The first kappa shape index (κ1) is 13.2. The predicted octanol–water partition coefficient (Wildman–Crippen LogP) is 1.84. The third kappa shape index (κ3) is 3.87. The maximum Gasteiger partial charge on any atom is 0.315 e.